The molecule has 33 heavy (non-hydrogen) atoms. The van der Waals surface area contributed by atoms with Crippen molar-refractivity contribution in [2.45, 2.75) is 43.9 Å². The second kappa shape index (κ2) is 6.82. The Morgan fingerprint density at radius 2 is 1.91 bits per heavy atom. The molecule has 1 aliphatic carbocycles. The number of ketones is 1. The third-order valence-electron chi connectivity index (χ3n) is 7.77. The van der Waals surface area contributed by atoms with Crippen molar-refractivity contribution in [2.24, 2.45) is 10.7 Å². The number of carbonyl (C=O) groups excluding carboxylic acids is 1. The summed E-state index contributed by atoms with van der Waals surface area (Å²) in [5.41, 5.74) is 12.2. The average Bonchev–Trinajstić information content (AvgIpc) is 3.28. The molecule has 2 N–H and O–H groups in total. The van der Waals surface area contributed by atoms with Gasteiger partial charge in [0.05, 0.1) is 28.1 Å². The third-order valence-corrected chi connectivity index (χ3v) is 9.02. The maximum atomic E-state index is 13.4. The molecular weight excluding hydrogens is 430 g/mol. The van der Waals surface area contributed by atoms with E-state index in [1.807, 2.05) is 30.3 Å². The molecule has 2 bridgehead atoms. The number of allylic oxidation sites excluding steroid dienone is 3. The van der Waals surface area contributed by atoms with E-state index >= 15 is 0 Å². The topological polar surface area (TPSA) is 85.7 Å². The molecule has 1 fully saturated rings. The number of nitrogens with zero attached hydrogens (tertiary/aromatic N) is 4. The first kappa shape index (κ1) is 19.1. The smallest absolute Gasteiger partial charge is 0.161 e. The molecule has 0 spiro atoms. The molecule has 2 aromatic rings. The van der Waals surface area contributed by atoms with Crippen molar-refractivity contribution in [3.63, 3.8) is 0 Å². The van der Waals surface area contributed by atoms with Crippen LogP contribution in [0.15, 0.2) is 58.0 Å². The summed E-state index contributed by atoms with van der Waals surface area (Å²) in [6, 6.07) is 12.3. The van der Waals surface area contributed by atoms with Crippen LogP contribution in [0.1, 0.15) is 60.6 Å². The van der Waals surface area contributed by atoms with E-state index in [1.54, 1.807) is 11.3 Å². The van der Waals surface area contributed by atoms with E-state index in [0.29, 0.717) is 29.6 Å². The summed E-state index contributed by atoms with van der Waals surface area (Å²) in [6.07, 6.45) is 4.45. The molecule has 6 nitrogen and oxygen atoms in total. The molecule has 0 amide bonds. The Kier molecular flexibility index (Phi) is 3.95. The van der Waals surface area contributed by atoms with Crippen LogP contribution in [-0.2, 0) is 4.79 Å². The first-order chi connectivity index (χ1) is 16.2. The molecule has 8 rings (SSSR count). The van der Waals surface area contributed by atoms with Gasteiger partial charge in [0.1, 0.15) is 10.8 Å². The summed E-state index contributed by atoms with van der Waals surface area (Å²) in [6.45, 7) is 2.17. The van der Waals surface area contributed by atoms with Crippen LogP contribution in [0.2, 0.25) is 0 Å². The van der Waals surface area contributed by atoms with Crippen LogP contribution < -0.4 is 15.5 Å². The zero-order valence-electron chi connectivity index (χ0n) is 18.2. The highest BCUT2D eigenvalue weighted by Crippen LogP contribution is 2.57. The normalized spacial score (nSPS) is 23.7. The molecule has 1 atom stereocenters. The molecule has 6 heterocycles. The fourth-order valence-electron chi connectivity index (χ4n) is 6.33. The van der Waals surface area contributed by atoms with Gasteiger partial charge in [-0.1, -0.05) is 41.7 Å². The van der Waals surface area contributed by atoms with Gasteiger partial charge in [0.25, 0.3) is 0 Å². The molecule has 0 radical (unpaired) electrons. The van der Waals surface area contributed by atoms with Gasteiger partial charge >= 0.3 is 0 Å². The predicted octanol–water partition coefficient (Wildman–Crippen LogP) is 4.51. The minimum atomic E-state index is -0.391. The fourth-order valence-corrected chi connectivity index (χ4v) is 7.81. The van der Waals surface area contributed by atoms with Crippen LogP contribution in [0.5, 0.6) is 0 Å². The van der Waals surface area contributed by atoms with Crippen molar-refractivity contribution < 1.29 is 4.79 Å². The number of rotatable bonds is 1. The van der Waals surface area contributed by atoms with Crippen molar-refractivity contribution in [3.8, 4) is 6.07 Å². The largest absolute Gasteiger partial charge is 0.383 e. The monoisotopic (exact) mass is 453 g/mol. The number of thiophene rings is 1. The van der Waals surface area contributed by atoms with E-state index in [-0.39, 0.29) is 5.78 Å². The van der Waals surface area contributed by atoms with Crippen molar-refractivity contribution in [2.75, 3.05) is 22.9 Å². The Balaban J connectivity index is 1.52. The first-order valence-corrected chi connectivity index (χ1v) is 12.5. The number of nitrogens with two attached hydrogens (primary N) is 1. The maximum absolute atomic E-state index is 13.4. The summed E-state index contributed by atoms with van der Waals surface area (Å²) in [4.78, 5) is 22.8. The summed E-state index contributed by atoms with van der Waals surface area (Å²) < 4.78 is 0. The minimum absolute atomic E-state index is 0.145. The molecule has 1 aromatic heterocycles. The number of hydrogen-bond acceptors (Lipinski definition) is 7. The molecule has 1 aromatic carbocycles. The lowest BCUT2D eigenvalue weighted by molar-refractivity contribution is -0.116. The number of fused-ring (bicyclic) bond motifs is 6. The van der Waals surface area contributed by atoms with Gasteiger partial charge in [0.15, 0.2) is 11.6 Å². The van der Waals surface area contributed by atoms with E-state index in [2.05, 4.69) is 15.9 Å². The number of nitriles is 1. The minimum Gasteiger partial charge on any atom is -0.383 e. The Bertz CT molecular complexity index is 1350. The summed E-state index contributed by atoms with van der Waals surface area (Å²) in [7, 11) is 0. The SMILES string of the molecule is N#CC1=C2N=C(N)c3c(sc4c3C3CCN4CC3)N2C2=C(C(=O)CCC2)[C@@H]1c1ccccc1. The fraction of sp³-hybridized carbons (Fsp3) is 0.346. The quantitative estimate of drug-likeness (QED) is 0.687. The zero-order valence-corrected chi connectivity index (χ0v) is 19.0. The molecule has 5 aliphatic heterocycles. The van der Waals surface area contributed by atoms with Gasteiger partial charge < -0.3 is 10.6 Å². The summed E-state index contributed by atoms with van der Waals surface area (Å²) in [5.74, 6) is 1.38. The Labute approximate surface area is 196 Å². The highest BCUT2D eigenvalue weighted by atomic mass is 32.1. The molecule has 1 saturated heterocycles. The van der Waals surface area contributed by atoms with Crippen molar-refractivity contribution in [1.82, 2.24) is 0 Å². The van der Waals surface area contributed by atoms with Crippen LogP contribution >= 0.6 is 11.3 Å². The lowest BCUT2D eigenvalue weighted by Crippen LogP contribution is -2.40. The second-order valence-electron chi connectivity index (χ2n) is 9.42. The van der Waals surface area contributed by atoms with Gasteiger partial charge in [-0.25, -0.2) is 4.99 Å². The highest BCUT2D eigenvalue weighted by molar-refractivity contribution is 7.21. The third kappa shape index (κ3) is 2.47. The van der Waals surface area contributed by atoms with Gasteiger partial charge in [0, 0.05) is 36.3 Å². The number of aliphatic imine (C=N–C) groups is 1. The maximum Gasteiger partial charge on any atom is 0.161 e. The number of anilines is 2. The van der Waals surface area contributed by atoms with E-state index in [9.17, 15) is 10.1 Å². The number of amidine groups is 1. The van der Waals surface area contributed by atoms with Crippen LogP contribution in [-0.4, -0.2) is 24.7 Å². The van der Waals surface area contributed by atoms with Crippen LogP contribution in [0.25, 0.3) is 0 Å². The molecule has 7 heteroatoms. The first-order valence-electron chi connectivity index (χ1n) is 11.7. The van der Waals surface area contributed by atoms with Gasteiger partial charge in [-0.2, -0.15) is 5.26 Å². The predicted molar refractivity (Wildman–Crippen MR) is 129 cm³/mol. The Hall–Kier alpha value is -3.37. The van der Waals surface area contributed by atoms with Gasteiger partial charge in [-0.05, 0) is 37.2 Å². The molecule has 6 aliphatic rings. The Morgan fingerprint density at radius 3 is 2.67 bits per heavy atom. The van der Waals surface area contributed by atoms with Gasteiger partial charge in [0.2, 0.25) is 0 Å². The lowest BCUT2D eigenvalue weighted by atomic mass is 9.75. The Morgan fingerprint density at radius 1 is 1.12 bits per heavy atom. The zero-order chi connectivity index (χ0) is 22.3. The summed E-state index contributed by atoms with van der Waals surface area (Å²) >= 11 is 1.76. The number of benzene rings is 1. The van der Waals surface area contributed by atoms with E-state index in [1.165, 1.54) is 10.6 Å². The molecule has 0 unspecified atom stereocenters. The van der Waals surface area contributed by atoms with Crippen LogP contribution in [0.3, 0.4) is 0 Å². The van der Waals surface area contributed by atoms with Crippen LogP contribution in [0, 0.1) is 11.3 Å². The van der Waals surface area contributed by atoms with E-state index < -0.39 is 5.92 Å². The van der Waals surface area contributed by atoms with Crippen molar-refractivity contribution >= 4 is 33.0 Å². The second-order valence-corrected chi connectivity index (χ2v) is 10.4. The van der Waals surface area contributed by atoms with E-state index in [0.717, 1.165) is 66.2 Å². The van der Waals surface area contributed by atoms with Crippen LogP contribution in [0.4, 0.5) is 10.0 Å². The highest BCUT2D eigenvalue weighted by Gasteiger charge is 2.46. The van der Waals surface area contributed by atoms with Crippen molar-refractivity contribution in [3.05, 3.63) is 69.7 Å². The van der Waals surface area contributed by atoms with E-state index in [4.69, 9.17) is 10.7 Å². The molecular formula is C26H23N5OS. The number of carbonyl (C=O) groups is 1. The summed E-state index contributed by atoms with van der Waals surface area (Å²) in [5, 5.41) is 12.7. The average molecular weight is 454 g/mol. The van der Waals surface area contributed by atoms with Gasteiger partial charge in [-0.15, -0.1) is 0 Å². The van der Waals surface area contributed by atoms with Crippen molar-refractivity contribution in [1.29, 1.82) is 5.26 Å². The molecule has 164 valence electrons. The molecule has 0 saturated carbocycles. The number of piperidine rings is 1. The standard InChI is InChI=1S/C26H23N5OS/c27-13-16-19(14-5-2-1-3-6-14)21-17(7-4-8-18(21)32)31-24(16)29-23(28)22-20-15-9-11-30(12-10-15)25(20)33-26(22)31/h1-3,5-6,15,19H,4,7-12H2,(H2,28,29)/t19-/m1/s1. The number of Topliss-reactive ketones (excluding diaryl/α,β-unsaturated/α-hetero) is 1. The number of hydrogen-bond donors (Lipinski definition) is 1. The van der Waals surface area contributed by atoms with Gasteiger partial charge in [-0.3, -0.25) is 9.69 Å². The lowest BCUT2D eigenvalue weighted by Gasteiger charge is -2.41.